The number of rotatable bonds is 8. The Balaban J connectivity index is 1.15. The second-order valence-corrected chi connectivity index (χ2v) is 11.9. The molecule has 0 bridgehead atoms. The summed E-state index contributed by atoms with van der Waals surface area (Å²) in [7, 11) is 0. The van der Waals surface area contributed by atoms with E-state index in [0.29, 0.717) is 41.3 Å². The first-order chi connectivity index (χ1) is 19.9. The number of halogens is 2. The van der Waals surface area contributed by atoms with E-state index < -0.39 is 0 Å². The van der Waals surface area contributed by atoms with Gasteiger partial charge in [-0.15, -0.1) is 0 Å². The molecule has 1 unspecified atom stereocenters. The number of amides is 1. The van der Waals surface area contributed by atoms with E-state index in [9.17, 15) is 9.59 Å². The zero-order valence-electron chi connectivity index (χ0n) is 23.0. The normalized spacial score (nSPS) is 17.4. The van der Waals surface area contributed by atoms with Crippen molar-refractivity contribution in [2.45, 2.75) is 30.7 Å². The number of ether oxygens (including phenoxy) is 1. The Labute approximate surface area is 255 Å². The molecule has 5 rings (SSSR count). The largest absolute Gasteiger partial charge is 0.466 e. The van der Waals surface area contributed by atoms with Crippen LogP contribution in [0, 0.1) is 5.92 Å². The fourth-order valence-corrected chi connectivity index (χ4v) is 6.39. The van der Waals surface area contributed by atoms with Crippen molar-refractivity contribution in [3.63, 3.8) is 0 Å². The standard InChI is InChI=1S/C30H33Cl2N5O3S/c1-2-40-29(39)23-5-4-12-37(19-23)28(38)22-10-8-21(9-11-22)20-41-30-33-26(32)18-27(34-30)36-15-13-35(14-16-36)25-7-3-6-24(31)17-25/h3,6-11,17-18,23H,2,4-5,12-16,19-20H2,1H3. The van der Waals surface area contributed by atoms with Crippen molar-refractivity contribution in [2.24, 2.45) is 5.92 Å². The number of nitrogens with zero attached hydrogens (tertiary/aromatic N) is 5. The number of carbonyl (C=O) groups excluding carboxylic acids is 2. The summed E-state index contributed by atoms with van der Waals surface area (Å²) in [6.45, 7) is 6.55. The van der Waals surface area contributed by atoms with Gasteiger partial charge in [0.25, 0.3) is 5.91 Å². The molecule has 11 heteroatoms. The van der Waals surface area contributed by atoms with Crippen LogP contribution in [0.15, 0.2) is 59.8 Å². The Hall–Kier alpha value is -3.01. The lowest BCUT2D eigenvalue weighted by molar-refractivity contribution is -0.149. The molecule has 2 aliphatic rings. The van der Waals surface area contributed by atoms with Gasteiger partial charge in [0, 0.05) is 67.4 Å². The quantitative estimate of drug-likeness (QED) is 0.136. The number of thioether (sulfide) groups is 1. The minimum Gasteiger partial charge on any atom is -0.466 e. The molecule has 1 amide bonds. The van der Waals surface area contributed by atoms with Crippen LogP contribution in [0.3, 0.4) is 0 Å². The summed E-state index contributed by atoms with van der Waals surface area (Å²) in [6.07, 6.45) is 1.55. The third kappa shape index (κ3) is 7.64. The molecule has 0 spiro atoms. The molecule has 1 aromatic heterocycles. The van der Waals surface area contributed by atoms with E-state index >= 15 is 0 Å². The van der Waals surface area contributed by atoms with Crippen molar-refractivity contribution in [2.75, 3.05) is 55.7 Å². The van der Waals surface area contributed by atoms with Gasteiger partial charge in [-0.25, -0.2) is 9.97 Å². The summed E-state index contributed by atoms with van der Waals surface area (Å²) >= 11 is 14.1. The van der Waals surface area contributed by atoms with E-state index in [1.54, 1.807) is 11.8 Å². The Morgan fingerprint density at radius 3 is 2.46 bits per heavy atom. The predicted molar refractivity (Wildman–Crippen MR) is 164 cm³/mol. The first-order valence-corrected chi connectivity index (χ1v) is 15.6. The molecule has 2 aliphatic heterocycles. The second-order valence-electron chi connectivity index (χ2n) is 10.1. The molecule has 0 N–H and O–H groups in total. The van der Waals surface area contributed by atoms with Gasteiger partial charge in [0.2, 0.25) is 0 Å². The third-order valence-corrected chi connectivity index (χ3v) is 8.68. The van der Waals surface area contributed by atoms with Crippen LogP contribution in [0.1, 0.15) is 35.7 Å². The number of hydrogen-bond donors (Lipinski definition) is 0. The number of anilines is 2. The summed E-state index contributed by atoms with van der Waals surface area (Å²) in [6, 6.07) is 17.3. The zero-order chi connectivity index (χ0) is 28.8. The van der Waals surface area contributed by atoms with E-state index in [-0.39, 0.29) is 17.8 Å². The van der Waals surface area contributed by atoms with Crippen LogP contribution >= 0.6 is 35.0 Å². The molecule has 8 nitrogen and oxygen atoms in total. The summed E-state index contributed by atoms with van der Waals surface area (Å²) in [5, 5.41) is 1.77. The maximum absolute atomic E-state index is 13.1. The zero-order valence-corrected chi connectivity index (χ0v) is 25.3. The fourth-order valence-electron chi connectivity index (χ4n) is 5.17. The molecule has 2 saturated heterocycles. The highest BCUT2D eigenvalue weighted by Crippen LogP contribution is 2.27. The predicted octanol–water partition coefficient (Wildman–Crippen LogP) is 5.82. The van der Waals surface area contributed by atoms with Gasteiger partial charge in [0.15, 0.2) is 5.16 Å². The maximum Gasteiger partial charge on any atom is 0.310 e. The number of aromatic nitrogens is 2. The Bertz CT molecular complexity index is 1370. The van der Waals surface area contributed by atoms with Gasteiger partial charge in [-0.2, -0.15) is 0 Å². The van der Waals surface area contributed by atoms with Crippen LogP contribution in [0.4, 0.5) is 11.5 Å². The Kier molecular flexibility index (Phi) is 9.90. The molecule has 0 aliphatic carbocycles. The maximum atomic E-state index is 13.1. The number of piperidine rings is 1. The molecule has 0 saturated carbocycles. The average Bonchev–Trinajstić information content (AvgIpc) is 3.00. The van der Waals surface area contributed by atoms with Gasteiger partial charge in [-0.3, -0.25) is 9.59 Å². The van der Waals surface area contributed by atoms with Gasteiger partial charge in [-0.05, 0) is 55.7 Å². The lowest BCUT2D eigenvalue weighted by atomic mass is 9.97. The summed E-state index contributed by atoms with van der Waals surface area (Å²) in [5.41, 5.74) is 2.79. The lowest BCUT2D eigenvalue weighted by Gasteiger charge is -2.36. The number of benzene rings is 2. The Morgan fingerprint density at radius 1 is 0.976 bits per heavy atom. The number of likely N-dealkylation sites (tertiary alicyclic amines) is 1. The van der Waals surface area contributed by atoms with E-state index in [1.807, 2.05) is 48.5 Å². The van der Waals surface area contributed by atoms with Gasteiger partial charge in [0.05, 0.1) is 12.5 Å². The van der Waals surface area contributed by atoms with Crippen molar-refractivity contribution >= 4 is 58.3 Å². The summed E-state index contributed by atoms with van der Waals surface area (Å²) < 4.78 is 5.16. The van der Waals surface area contributed by atoms with Crippen LogP contribution in [-0.4, -0.2) is 72.6 Å². The van der Waals surface area contributed by atoms with Crippen molar-refractivity contribution in [1.82, 2.24) is 14.9 Å². The van der Waals surface area contributed by atoms with E-state index in [2.05, 4.69) is 20.9 Å². The topological polar surface area (TPSA) is 78.9 Å². The van der Waals surface area contributed by atoms with E-state index in [0.717, 1.165) is 61.1 Å². The highest BCUT2D eigenvalue weighted by Gasteiger charge is 2.29. The highest BCUT2D eigenvalue weighted by molar-refractivity contribution is 7.98. The average molecular weight is 615 g/mol. The van der Waals surface area contributed by atoms with Crippen molar-refractivity contribution < 1.29 is 14.3 Å². The van der Waals surface area contributed by atoms with Gasteiger partial charge in [0.1, 0.15) is 11.0 Å². The fraction of sp³-hybridized carbons (Fsp3) is 0.400. The molecule has 1 atom stereocenters. The number of esters is 1. The summed E-state index contributed by atoms with van der Waals surface area (Å²) in [4.78, 5) is 40.7. The number of piperazine rings is 1. The van der Waals surface area contributed by atoms with Crippen molar-refractivity contribution in [1.29, 1.82) is 0 Å². The van der Waals surface area contributed by atoms with Crippen LogP contribution in [0.5, 0.6) is 0 Å². The van der Waals surface area contributed by atoms with Gasteiger partial charge < -0.3 is 19.4 Å². The lowest BCUT2D eigenvalue weighted by Crippen LogP contribution is -2.46. The number of carbonyl (C=O) groups is 2. The van der Waals surface area contributed by atoms with E-state index in [4.69, 9.17) is 32.9 Å². The van der Waals surface area contributed by atoms with Crippen molar-refractivity contribution in [3.05, 3.63) is 75.9 Å². The molecule has 3 aromatic rings. The molecular weight excluding hydrogens is 581 g/mol. The SMILES string of the molecule is CCOC(=O)C1CCCN(C(=O)c2ccc(CSc3nc(Cl)cc(N4CCN(c5cccc(Cl)c5)CC4)n3)cc2)C1. The monoisotopic (exact) mass is 613 g/mol. The molecular formula is C30H33Cl2N5O3S. The minimum atomic E-state index is -0.252. The number of hydrogen-bond acceptors (Lipinski definition) is 8. The third-order valence-electron chi connectivity index (χ3n) is 7.34. The Morgan fingerprint density at radius 2 is 1.73 bits per heavy atom. The highest BCUT2D eigenvalue weighted by atomic mass is 35.5. The van der Waals surface area contributed by atoms with Crippen LogP contribution in [0.2, 0.25) is 10.2 Å². The van der Waals surface area contributed by atoms with Crippen LogP contribution < -0.4 is 9.80 Å². The molecule has 0 radical (unpaired) electrons. The first-order valence-electron chi connectivity index (χ1n) is 13.9. The molecule has 3 heterocycles. The van der Waals surface area contributed by atoms with Gasteiger partial charge >= 0.3 is 5.97 Å². The molecule has 2 fully saturated rings. The van der Waals surface area contributed by atoms with Crippen LogP contribution in [0.25, 0.3) is 0 Å². The molecule has 216 valence electrons. The molecule has 41 heavy (non-hydrogen) atoms. The minimum absolute atomic E-state index is 0.0588. The molecule has 2 aromatic carbocycles. The van der Waals surface area contributed by atoms with Gasteiger partial charge in [-0.1, -0.05) is 53.2 Å². The summed E-state index contributed by atoms with van der Waals surface area (Å²) in [5.74, 6) is 0.936. The second kappa shape index (κ2) is 13.8. The van der Waals surface area contributed by atoms with E-state index in [1.165, 1.54) is 11.8 Å². The van der Waals surface area contributed by atoms with Crippen molar-refractivity contribution in [3.8, 4) is 0 Å². The smallest absolute Gasteiger partial charge is 0.310 e. The van der Waals surface area contributed by atoms with Crippen LogP contribution in [-0.2, 0) is 15.3 Å². The first kappa shape index (κ1) is 29.5.